The van der Waals surface area contributed by atoms with Crippen LogP contribution in [0.3, 0.4) is 0 Å². The van der Waals surface area contributed by atoms with Gasteiger partial charge in [0.25, 0.3) is 17.4 Å². The van der Waals surface area contributed by atoms with E-state index in [1.807, 2.05) is 12.1 Å². The van der Waals surface area contributed by atoms with Gasteiger partial charge in [0.15, 0.2) is 11.5 Å². The molecule has 0 atom stereocenters. The SMILES string of the molecule is Cc1ccn(Cc2ccc3c(c2)OCO3)c(=O)c1C(=O)Nc1ccc2c(c1)CNC2=O. The minimum atomic E-state index is -0.486. The molecule has 156 valence electrons. The molecule has 0 radical (unpaired) electrons. The summed E-state index contributed by atoms with van der Waals surface area (Å²) in [5, 5.41) is 5.52. The number of hydrogen-bond donors (Lipinski definition) is 2. The first kappa shape index (κ1) is 18.9. The second-order valence-corrected chi connectivity index (χ2v) is 7.50. The lowest BCUT2D eigenvalue weighted by molar-refractivity contribution is 0.0964. The number of hydrogen-bond acceptors (Lipinski definition) is 5. The maximum atomic E-state index is 13.1. The highest BCUT2D eigenvalue weighted by Crippen LogP contribution is 2.32. The predicted octanol–water partition coefficient (Wildman–Crippen LogP) is 2.43. The first-order chi connectivity index (χ1) is 15.0. The van der Waals surface area contributed by atoms with Crippen LogP contribution in [0.4, 0.5) is 5.69 Å². The van der Waals surface area contributed by atoms with Crippen LogP contribution in [0.5, 0.6) is 11.5 Å². The van der Waals surface area contributed by atoms with E-state index in [1.54, 1.807) is 43.5 Å². The lowest BCUT2D eigenvalue weighted by Gasteiger charge is -2.12. The summed E-state index contributed by atoms with van der Waals surface area (Å²) in [7, 11) is 0. The molecule has 3 heterocycles. The molecule has 0 bridgehead atoms. The lowest BCUT2D eigenvalue weighted by Crippen LogP contribution is -2.30. The molecule has 2 amide bonds. The number of nitrogens with one attached hydrogen (secondary N) is 2. The van der Waals surface area contributed by atoms with Gasteiger partial charge in [0.2, 0.25) is 6.79 Å². The van der Waals surface area contributed by atoms with Gasteiger partial charge in [-0.2, -0.15) is 0 Å². The number of rotatable bonds is 4. The Labute approximate surface area is 177 Å². The van der Waals surface area contributed by atoms with Crippen molar-refractivity contribution in [2.45, 2.75) is 20.0 Å². The van der Waals surface area contributed by atoms with E-state index in [4.69, 9.17) is 9.47 Å². The summed E-state index contributed by atoms with van der Waals surface area (Å²) in [6, 6.07) is 12.3. The Kier molecular flexibility index (Phi) is 4.47. The Bertz CT molecular complexity index is 1290. The molecule has 2 N–H and O–H groups in total. The van der Waals surface area contributed by atoms with Gasteiger partial charge >= 0.3 is 0 Å². The summed E-state index contributed by atoms with van der Waals surface area (Å²) < 4.78 is 12.2. The number of pyridine rings is 1. The van der Waals surface area contributed by atoms with Crippen molar-refractivity contribution in [3.63, 3.8) is 0 Å². The minimum absolute atomic E-state index is 0.0814. The number of anilines is 1. The van der Waals surface area contributed by atoms with Gasteiger partial charge in [0.05, 0.1) is 6.54 Å². The number of carbonyl (C=O) groups excluding carboxylic acids is 2. The second-order valence-electron chi connectivity index (χ2n) is 7.50. The van der Waals surface area contributed by atoms with Gasteiger partial charge < -0.3 is 24.7 Å². The zero-order chi connectivity index (χ0) is 21.5. The van der Waals surface area contributed by atoms with Crippen LogP contribution in [0.2, 0.25) is 0 Å². The molecular weight excluding hydrogens is 398 g/mol. The van der Waals surface area contributed by atoms with Crippen LogP contribution < -0.4 is 25.7 Å². The van der Waals surface area contributed by atoms with Gasteiger partial charge in [-0.15, -0.1) is 0 Å². The Hall–Kier alpha value is -4.07. The Morgan fingerprint density at radius 2 is 1.94 bits per heavy atom. The van der Waals surface area contributed by atoms with Crippen molar-refractivity contribution in [2.75, 3.05) is 12.1 Å². The van der Waals surface area contributed by atoms with Crippen LogP contribution >= 0.6 is 0 Å². The van der Waals surface area contributed by atoms with E-state index in [-0.39, 0.29) is 23.8 Å². The van der Waals surface area contributed by atoms with E-state index in [9.17, 15) is 14.4 Å². The van der Waals surface area contributed by atoms with Gasteiger partial charge in [-0.05, 0) is 60.0 Å². The number of fused-ring (bicyclic) bond motifs is 2. The molecule has 2 aliphatic heterocycles. The molecule has 0 aliphatic carbocycles. The molecule has 8 nitrogen and oxygen atoms in total. The van der Waals surface area contributed by atoms with E-state index in [0.717, 1.165) is 11.1 Å². The van der Waals surface area contributed by atoms with Crippen LogP contribution in [0.25, 0.3) is 0 Å². The monoisotopic (exact) mass is 417 g/mol. The number of ether oxygens (including phenoxy) is 2. The highest BCUT2D eigenvalue weighted by molar-refractivity contribution is 6.05. The molecule has 0 fully saturated rings. The fourth-order valence-corrected chi connectivity index (χ4v) is 3.81. The number of benzene rings is 2. The van der Waals surface area contributed by atoms with Crippen LogP contribution in [-0.4, -0.2) is 23.2 Å². The van der Waals surface area contributed by atoms with Crippen molar-refractivity contribution in [1.29, 1.82) is 0 Å². The maximum Gasteiger partial charge on any atom is 0.263 e. The normalized spacial score (nSPS) is 13.6. The van der Waals surface area contributed by atoms with E-state index in [0.29, 0.717) is 41.4 Å². The molecule has 2 aromatic carbocycles. The quantitative estimate of drug-likeness (QED) is 0.679. The molecule has 2 aliphatic rings. The number of carbonyl (C=O) groups is 2. The number of aromatic nitrogens is 1. The molecule has 8 heteroatoms. The van der Waals surface area contributed by atoms with E-state index >= 15 is 0 Å². The van der Waals surface area contributed by atoms with Gasteiger partial charge in [0.1, 0.15) is 5.56 Å². The molecule has 1 aromatic heterocycles. The molecule has 0 saturated carbocycles. The lowest BCUT2D eigenvalue weighted by atomic mass is 10.1. The van der Waals surface area contributed by atoms with Crippen molar-refractivity contribution < 1.29 is 19.1 Å². The van der Waals surface area contributed by atoms with Crippen LogP contribution in [0.15, 0.2) is 53.5 Å². The molecule has 0 unspecified atom stereocenters. The van der Waals surface area contributed by atoms with Crippen molar-refractivity contribution in [1.82, 2.24) is 9.88 Å². The number of amides is 2. The topological polar surface area (TPSA) is 98.7 Å². The number of nitrogens with zero attached hydrogens (tertiary/aromatic N) is 1. The molecule has 3 aromatic rings. The minimum Gasteiger partial charge on any atom is -0.454 e. The molecule has 5 rings (SSSR count). The summed E-state index contributed by atoms with van der Waals surface area (Å²) >= 11 is 0. The van der Waals surface area contributed by atoms with Gasteiger partial charge in [-0.25, -0.2) is 0 Å². The fourth-order valence-electron chi connectivity index (χ4n) is 3.81. The predicted molar refractivity (Wildman–Crippen MR) is 113 cm³/mol. The van der Waals surface area contributed by atoms with Crippen molar-refractivity contribution in [2.24, 2.45) is 0 Å². The van der Waals surface area contributed by atoms with E-state index in [1.165, 1.54) is 4.57 Å². The molecular formula is C23H19N3O5. The third-order valence-electron chi connectivity index (χ3n) is 5.44. The average molecular weight is 417 g/mol. The van der Waals surface area contributed by atoms with Gasteiger partial charge in [-0.3, -0.25) is 14.4 Å². The third kappa shape index (κ3) is 3.42. The molecule has 0 saturated heterocycles. The zero-order valence-corrected chi connectivity index (χ0v) is 16.7. The van der Waals surface area contributed by atoms with Crippen molar-refractivity contribution in [3.8, 4) is 11.5 Å². The second kappa shape index (κ2) is 7.32. The van der Waals surface area contributed by atoms with Crippen molar-refractivity contribution in [3.05, 3.63) is 86.8 Å². The first-order valence-corrected chi connectivity index (χ1v) is 9.80. The van der Waals surface area contributed by atoms with Gasteiger partial charge in [-0.1, -0.05) is 6.07 Å². The Morgan fingerprint density at radius 3 is 2.81 bits per heavy atom. The summed E-state index contributed by atoms with van der Waals surface area (Å²) in [6.07, 6.45) is 1.67. The first-order valence-electron chi connectivity index (χ1n) is 9.80. The summed E-state index contributed by atoms with van der Waals surface area (Å²) in [4.78, 5) is 37.7. The fraction of sp³-hybridized carbons (Fsp3) is 0.174. The third-order valence-corrected chi connectivity index (χ3v) is 5.44. The molecule has 0 spiro atoms. The standard InChI is InChI=1S/C23H19N3O5/c1-13-6-7-26(11-14-2-5-18-19(8-14)31-12-30-18)23(29)20(13)22(28)25-16-3-4-17-15(9-16)10-24-21(17)27/h2-9H,10-12H2,1H3,(H,24,27)(H,25,28). The highest BCUT2D eigenvalue weighted by Gasteiger charge is 2.21. The highest BCUT2D eigenvalue weighted by atomic mass is 16.7. The molecule has 31 heavy (non-hydrogen) atoms. The summed E-state index contributed by atoms with van der Waals surface area (Å²) in [5.74, 6) is 0.699. The van der Waals surface area contributed by atoms with E-state index < -0.39 is 5.91 Å². The smallest absolute Gasteiger partial charge is 0.263 e. The van der Waals surface area contributed by atoms with Gasteiger partial charge in [0, 0.05) is 24.0 Å². The van der Waals surface area contributed by atoms with Crippen LogP contribution in [0, 0.1) is 6.92 Å². The van der Waals surface area contributed by atoms with Crippen molar-refractivity contribution >= 4 is 17.5 Å². The zero-order valence-electron chi connectivity index (χ0n) is 16.7. The summed E-state index contributed by atoms with van der Waals surface area (Å²) in [5.41, 5.74) is 3.09. The Morgan fingerprint density at radius 1 is 1.10 bits per heavy atom. The van der Waals surface area contributed by atoms with E-state index in [2.05, 4.69) is 10.6 Å². The number of aryl methyl sites for hydroxylation is 1. The maximum absolute atomic E-state index is 13.1. The Balaban J connectivity index is 1.41. The average Bonchev–Trinajstić information content (AvgIpc) is 3.36. The largest absolute Gasteiger partial charge is 0.454 e. The van der Waals surface area contributed by atoms with Crippen LogP contribution in [0.1, 0.15) is 37.4 Å². The van der Waals surface area contributed by atoms with Crippen LogP contribution in [-0.2, 0) is 13.1 Å². The summed E-state index contributed by atoms with van der Waals surface area (Å²) in [6.45, 7) is 2.63.